The number of hydrogen-bond acceptors (Lipinski definition) is 7. The molecule has 8 heteroatoms. The molecule has 1 N–H and O–H groups in total. The van der Waals surface area contributed by atoms with Crippen LogP contribution in [0.2, 0.25) is 0 Å². The molecule has 1 amide bonds. The fourth-order valence-electron chi connectivity index (χ4n) is 4.94. The molecule has 4 rings (SSSR count). The van der Waals surface area contributed by atoms with Gasteiger partial charge >= 0.3 is 0 Å². The second-order valence-electron chi connectivity index (χ2n) is 9.61. The number of morpholine rings is 1. The number of ether oxygens (including phenoxy) is 1. The predicted molar refractivity (Wildman–Crippen MR) is 133 cm³/mol. The lowest BCUT2D eigenvalue weighted by Crippen LogP contribution is -2.63. The van der Waals surface area contributed by atoms with Crippen molar-refractivity contribution in [3.05, 3.63) is 59.9 Å². The summed E-state index contributed by atoms with van der Waals surface area (Å²) in [5, 5.41) is 3.33. The average molecular weight is 481 g/mol. The monoisotopic (exact) mass is 480 g/mol. The number of allylic oxidation sites excluding steroid dienone is 1. The number of ketones is 2. The zero-order valence-electron chi connectivity index (χ0n) is 20.7. The van der Waals surface area contributed by atoms with Gasteiger partial charge in [-0.05, 0) is 31.1 Å². The third-order valence-corrected chi connectivity index (χ3v) is 7.25. The first-order valence-corrected chi connectivity index (χ1v) is 12.5. The molecule has 188 valence electrons. The Morgan fingerprint density at radius 1 is 1.20 bits per heavy atom. The summed E-state index contributed by atoms with van der Waals surface area (Å²) in [6.45, 7) is 9.10. The number of hydrogen-bond donors (Lipinski definition) is 1. The molecule has 0 spiro atoms. The van der Waals surface area contributed by atoms with E-state index in [0.717, 1.165) is 50.7 Å². The van der Waals surface area contributed by atoms with E-state index in [1.165, 1.54) is 6.08 Å². The maximum Gasteiger partial charge on any atom is 0.232 e. The van der Waals surface area contributed by atoms with Crippen LogP contribution in [0.15, 0.2) is 54.4 Å². The molecule has 35 heavy (non-hydrogen) atoms. The summed E-state index contributed by atoms with van der Waals surface area (Å²) in [5.74, 6) is 0.185. The van der Waals surface area contributed by atoms with Crippen molar-refractivity contribution in [2.75, 3.05) is 52.6 Å². The van der Waals surface area contributed by atoms with Gasteiger partial charge in [-0.25, -0.2) is 0 Å². The Morgan fingerprint density at radius 3 is 2.63 bits per heavy atom. The molecule has 1 aromatic rings. The van der Waals surface area contributed by atoms with Crippen molar-refractivity contribution in [2.45, 2.75) is 32.2 Å². The molecule has 1 fully saturated rings. The number of Topliss-reactive ketones (excluding diaryl/α,β-unsaturated/α-hetero) is 1. The Hall–Kier alpha value is -2.81. The Kier molecular flexibility index (Phi) is 8.15. The van der Waals surface area contributed by atoms with Crippen LogP contribution >= 0.6 is 0 Å². The van der Waals surface area contributed by atoms with Crippen LogP contribution in [0.25, 0.3) is 0 Å². The summed E-state index contributed by atoms with van der Waals surface area (Å²) >= 11 is 0. The Morgan fingerprint density at radius 2 is 1.94 bits per heavy atom. The predicted octanol–water partition coefficient (Wildman–Crippen LogP) is 1.59. The minimum atomic E-state index is -1.20. The summed E-state index contributed by atoms with van der Waals surface area (Å²) in [5.41, 5.74) is -0.223. The highest BCUT2D eigenvalue weighted by Crippen LogP contribution is 2.28. The van der Waals surface area contributed by atoms with Crippen LogP contribution in [0.5, 0.6) is 0 Å². The number of amides is 1. The number of carbonyl (C=O) groups is 3. The summed E-state index contributed by atoms with van der Waals surface area (Å²) < 4.78 is 5.43. The minimum Gasteiger partial charge on any atom is -0.379 e. The maximum atomic E-state index is 13.4. The maximum absolute atomic E-state index is 13.4. The zero-order valence-corrected chi connectivity index (χ0v) is 20.7. The van der Waals surface area contributed by atoms with E-state index in [1.54, 1.807) is 13.0 Å². The zero-order chi connectivity index (χ0) is 24.8. The lowest BCUT2D eigenvalue weighted by molar-refractivity contribution is -0.143. The first-order valence-electron chi connectivity index (χ1n) is 12.5. The van der Waals surface area contributed by atoms with Crippen LogP contribution < -0.4 is 5.32 Å². The van der Waals surface area contributed by atoms with Crippen molar-refractivity contribution < 1.29 is 19.1 Å². The molecule has 3 aliphatic rings. The van der Waals surface area contributed by atoms with E-state index >= 15 is 0 Å². The van der Waals surface area contributed by atoms with E-state index in [9.17, 15) is 14.4 Å². The minimum absolute atomic E-state index is 0.0259. The Balaban J connectivity index is 1.46. The highest BCUT2D eigenvalue weighted by Gasteiger charge is 2.48. The average Bonchev–Trinajstić information content (AvgIpc) is 2.89. The molecule has 0 saturated carbocycles. The van der Waals surface area contributed by atoms with Gasteiger partial charge in [-0.3, -0.25) is 29.1 Å². The number of nitrogens with one attached hydrogen (secondary N) is 1. The van der Waals surface area contributed by atoms with Gasteiger partial charge in [0.15, 0.2) is 11.6 Å². The topological polar surface area (TPSA) is 82.2 Å². The van der Waals surface area contributed by atoms with Gasteiger partial charge in [0.25, 0.3) is 0 Å². The van der Waals surface area contributed by atoms with Gasteiger partial charge in [-0.15, -0.1) is 0 Å². The number of rotatable bonds is 8. The molecule has 2 heterocycles. The molecule has 0 bridgehead atoms. The first kappa shape index (κ1) is 25.3. The van der Waals surface area contributed by atoms with Crippen LogP contribution in [0, 0.1) is 5.92 Å². The molecule has 8 nitrogen and oxygen atoms in total. The molecule has 1 aromatic carbocycles. The fraction of sp³-hybridized carbons (Fsp3) is 0.519. The van der Waals surface area contributed by atoms with Gasteiger partial charge < -0.3 is 10.1 Å². The van der Waals surface area contributed by atoms with E-state index in [2.05, 4.69) is 10.2 Å². The van der Waals surface area contributed by atoms with Gasteiger partial charge in [0.2, 0.25) is 5.91 Å². The molecule has 0 aromatic heterocycles. The molecular weight excluding hydrogens is 444 g/mol. The van der Waals surface area contributed by atoms with Gasteiger partial charge in [0.05, 0.1) is 26.3 Å². The lowest BCUT2D eigenvalue weighted by atomic mass is 9.78. The van der Waals surface area contributed by atoms with Crippen LogP contribution in [0.3, 0.4) is 0 Å². The van der Waals surface area contributed by atoms with E-state index in [1.807, 2.05) is 53.1 Å². The largest absolute Gasteiger partial charge is 0.379 e. The van der Waals surface area contributed by atoms with Crippen LogP contribution in [0.1, 0.15) is 25.8 Å². The number of benzene rings is 1. The molecule has 0 radical (unpaired) electrons. The highest BCUT2D eigenvalue weighted by molar-refractivity contribution is 6.18. The molecule has 1 saturated heterocycles. The fourth-order valence-corrected chi connectivity index (χ4v) is 4.94. The molecule has 2 aliphatic heterocycles. The quantitative estimate of drug-likeness (QED) is 0.566. The second-order valence-corrected chi connectivity index (χ2v) is 9.61. The van der Waals surface area contributed by atoms with E-state index in [0.29, 0.717) is 26.2 Å². The third kappa shape index (κ3) is 5.72. The normalized spacial score (nSPS) is 25.8. The Bertz CT molecular complexity index is 986. The van der Waals surface area contributed by atoms with E-state index in [4.69, 9.17) is 4.74 Å². The van der Waals surface area contributed by atoms with Crippen molar-refractivity contribution in [3.63, 3.8) is 0 Å². The SMILES string of the molecule is CC1C=CC(=O)C(C)(N2CC=C(N(CCCN3CCOCC3)C(=O)Cc3ccccc3)NC2)C1=O. The van der Waals surface area contributed by atoms with E-state index < -0.39 is 5.54 Å². The highest BCUT2D eigenvalue weighted by atomic mass is 16.5. The summed E-state index contributed by atoms with van der Waals surface area (Å²) in [6, 6.07) is 9.75. The van der Waals surface area contributed by atoms with Gasteiger partial charge in [0, 0.05) is 38.6 Å². The van der Waals surface area contributed by atoms with Crippen molar-refractivity contribution >= 4 is 17.5 Å². The third-order valence-electron chi connectivity index (χ3n) is 7.25. The van der Waals surface area contributed by atoms with Crippen molar-refractivity contribution in [2.24, 2.45) is 5.92 Å². The van der Waals surface area contributed by atoms with Crippen molar-refractivity contribution in [3.8, 4) is 0 Å². The molecule has 2 atom stereocenters. The van der Waals surface area contributed by atoms with Crippen molar-refractivity contribution in [1.82, 2.24) is 20.0 Å². The van der Waals surface area contributed by atoms with Gasteiger partial charge in [-0.2, -0.15) is 0 Å². The standard InChI is InChI=1S/C27H36N4O4/c1-21-9-10-23(32)27(2,26(21)34)30-14-11-24(28-20-30)31(13-6-12-29-15-17-35-18-16-29)25(33)19-22-7-4-3-5-8-22/h3-5,7-11,21,28H,6,12-20H2,1-2H3. The van der Waals surface area contributed by atoms with Crippen LogP contribution in [-0.2, 0) is 25.5 Å². The first-order chi connectivity index (χ1) is 16.9. The van der Waals surface area contributed by atoms with Gasteiger partial charge in [-0.1, -0.05) is 43.3 Å². The van der Waals surface area contributed by atoms with Crippen LogP contribution in [0.4, 0.5) is 0 Å². The van der Waals surface area contributed by atoms with Crippen LogP contribution in [-0.4, -0.2) is 90.3 Å². The number of nitrogens with zero attached hydrogens (tertiary/aromatic N) is 3. The lowest BCUT2D eigenvalue weighted by Gasteiger charge is -2.43. The smallest absolute Gasteiger partial charge is 0.232 e. The summed E-state index contributed by atoms with van der Waals surface area (Å²) in [6.07, 6.45) is 6.28. The van der Waals surface area contributed by atoms with Crippen molar-refractivity contribution in [1.29, 1.82) is 0 Å². The Labute approximate surface area is 207 Å². The summed E-state index contributed by atoms with van der Waals surface area (Å²) in [4.78, 5) is 45.1. The number of carbonyl (C=O) groups excluding carboxylic acids is 3. The molecular formula is C27H36N4O4. The van der Waals surface area contributed by atoms with E-state index in [-0.39, 0.29) is 23.4 Å². The molecule has 1 aliphatic carbocycles. The van der Waals surface area contributed by atoms with Gasteiger partial charge in [0.1, 0.15) is 11.4 Å². The molecule has 2 unspecified atom stereocenters. The summed E-state index contributed by atoms with van der Waals surface area (Å²) in [7, 11) is 0. The second kappa shape index (κ2) is 11.3.